The number of primary sulfonamides is 1. The van der Waals surface area contributed by atoms with Crippen molar-refractivity contribution in [2.24, 2.45) is 5.14 Å². The lowest BCUT2D eigenvalue weighted by molar-refractivity contribution is 0.145. The van der Waals surface area contributed by atoms with Gasteiger partial charge in [0.15, 0.2) is 0 Å². The van der Waals surface area contributed by atoms with Crippen LogP contribution < -0.4 is 10.9 Å². The Morgan fingerprint density at radius 3 is 2.40 bits per heavy atom. The van der Waals surface area contributed by atoms with E-state index in [9.17, 15) is 17.2 Å². The molecule has 0 aliphatic carbocycles. The van der Waals surface area contributed by atoms with Crippen molar-refractivity contribution in [3.05, 3.63) is 16.2 Å². The summed E-state index contributed by atoms with van der Waals surface area (Å²) in [5.74, 6) is -0.336. The maximum atomic E-state index is 12.4. The number of nitrogens with two attached hydrogens (primary N) is 2. The van der Waals surface area contributed by atoms with Crippen LogP contribution in [0.4, 0.5) is 14.6 Å². The van der Waals surface area contributed by atoms with Gasteiger partial charge in [-0.3, -0.25) is 0 Å². The van der Waals surface area contributed by atoms with Gasteiger partial charge in [0.2, 0.25) is 10.0 Å². The second-order valence-electron chi connectivity index (χ2n) is 2.59. The molecule has 1 heterocycles. The Morgan fingerprint density at radius 2 is 2.00 bits per heavy atom. The van der Waals surface area contributed by atoms with E-state index >= 15 is 0 Å². The van der Waals surface area contributed by atoms with Gasteiger partial charge in [0, 0.05) is 6.07 Å². The van der Waals surface area contributed by atoms with Crippen LogP contribution in [0.2, 0.25) is 0 Å². The number of pyridine rings is 1. The van der Waals surface area contributed by atoms with Crippen molar-refractivity contribution in [1.29, 1.82) is 0 Å². The molecule has 0 atom stereocenters. The number of nitrogen functional groups attached to an aromatic ring is 1. The number of hydrogen-bond acceptors (Lipinski definition) is 4. The fourth-order valence-corrected chi connectivity index (χ4v) is 2.59. The molecule has 5 nitrogen and oxygen atoms in total. The molecule has 0 bridgehead atoms. The van der Waals surface area contributed by atoms with Gasteiger partial charge in [0.05, 0.1) is 4.47 Å². The lowest BCUT2D eigenvalue weighted by atomic mass is 10.3. The quantitative estimate of drug-likeness (QED) is 0.851. The van der Waals surface area contributed by atoms with Crippen molar-refractivity contribution in [2.45, 2.75) is 11.3 Å². The van der Waals surface area contributed by atoms with E-state index in [1.54, 1.807) is 0 Å². The fraction of sp³-hybridized carbons (Fsp3) is 0.167. The van der Waals surface area contributed by atoms with E-state index in [1.165, 1.54) is 0 Å². The average molecular weight is 302 g/mol. The smallest absolute Gasteiger partial charge is 0.281 e. The molecule has 0 amide bonds. The van der Waals surface area contributed by atoms with Crippen molar-refractivity contribution < 1.29 is 17.2 Å². The van der Waals surface area contributed by atoms with Crippen LogP contribution in [-0.4, -0.2) is 13.4 Å². The number of alkyl halides is 2. The molecule has 9 heteroatoms. The van der Waals surface area contributed by atoms with E-state index in [2.05, 4.69) is 20.9 Å². The first-order chi connectivity index (χ1) is 6.73. The second kappa shape index (κ2) is 3.99. The van der Waals surface area contributed by atoms with E-state index in [4.69, 9.17) is 10.9 Å². The van der Waals surface area contributed by atoms with Crippen LogP contribution in [0.15, 0.2) is 15.4 Å². The number of hydrogen-bond donors (Lipinski definition) is 2. The van der Waals surface area contributed by atoms with Crippen LogP contribution in [0.3, 0.4) is 0 Å². The molecule has 0 aliphatic heterocycles. The molecule has 0 radical (unpaired) electrons. The molecule has 0 aromatic carbocycles. The fourth-order valence-electron chi connectivity index (χ4n) is 0.896. The van der Waals surface area contributed by atoms with Gasteiger partial charge in [0.25, 0.3) is 6.43 Å². The summed E-state index contributed by atoms with van der Waals surface area (Å²) < 4.78 is 46.4. The highest BCUT2D eigenvalue weighted by Gasteiger charge is 2.22. The number of rotatable bonds is 2. The first-order valence-electron chi connectivity index (χ1n) is 3.50. The minimum Gasteiger partial charge on any atom is -0.384 e. The third kappa shape index (κ3) is 2.61. The summed E-state index contributed by atoms with van der Waals surface area (Å²) in [5.41, 5.74) is 4.43. The highest BCUT2D eigenvalue weighted by Crippen LogP contribution is 2.31. The molecular weight excluding hydrogens is 296 g/mol. The molecule has 0 saturated heterocycles. The molecule has 1 rings (SSSR count). The van der Waals surface area contributed by atoms with Gasteiger partial charge in [-0.15, -0.1) is 0 Å². The number of nitrogens with zero attached hydrogens (tertiary/aromatic N) is 1. The standard InChI is InChI=1S/C6H6BrF2N3O2S/c7-4-2(15(11,13)14)1-3(10)12-5(4)6(8)9/h1,6H,(H2,10,12)(H2,11,13,14). The molecule has 0 saturated carbocycles. The predicted octanol–water partition coefficient (Wildman–Crippen LogP) is 1.01. The SMILES string of the molecule is Nc1cc(S(N)(=O)=O)c(Br)c(C(F)F)n1. The minimum absolute atomic E-state index is 0.336. The monoisotopic (exact) mass is 301 g/mol. The number of aromatic nitrogens is 1. The van der Waals surface area contributed by atoms with E-state index in [0.717, 1.165) is 6.07 Å². The predicted molar refractivity (Wildman–Crippen MR) is 52.7 cm³/mol. The van der Waals surface area contributed by atoms with Crippen LogP contribution >= 0.6 is 15.9 Å². The Morgan fingerprint density at radius 1 is 1.47 bits per heavy atom. The van der Waals surface area contributed by atoms with Crippen LogP contribution in [0.1, 0.15) is 12.1 Å². The maximum absolute atomic E-state index is 12.4. The van der Waals surface area contributed by atoms with Gasteiger partial charge < -0.3 is 5.73 Å². The lowest BCUT2D eigenvalue weighted by Crippen LogP contribution is -2.15. The number of anilines is 1. The maximum Gasteiger partial charge on any atom is 0.281 e. The Balaban J connectivity index is 3.56. The normalized spacial score (nSPS) is 12.1. The van der Waals surface area contributed by atoms with Crippen LogP contribution in [0, 0.1) is 0 Å². The van der Waals surface area contributed by atoms with Crippen molar-refractivity contribution in [3.63, 3.8) is 0 Å². The molecular formula is C6H6BrF2N3O2S. The molecule has 1 aromatic heterocycles. The molecule has 15 heavy (non-hydrogen) atoms. The summed E-state index contributed by atoms with van der Waals surface area (Å²) in [6.45, 7) is 0. The highest BCUT2D eigenvalue weighted by molar-refractivity contribution is 9.10. The zero-order valence-corrected chi connectivity index (χ0v) is 9.52. The number of halogens is 3. The minimum atomic E-state index is -4.11. The summed E-state index contributed by atoms with van der Waals surface area (Å²) in [6, 6.07) is 0.908. The summed E-state index contributed by atoms with van der Waals surface area (Å²) in [6.07, 6.45) is -2.94. The molecule has 4 N–H and O–H groups in total. The van der Waals surface area contributed by atoms with Crippen molar-refractivity contribution in [3.8, 4) is 0 Å². The first-order valence-corrected chi connectivity index (χ1v) is 5.84. The second-order valence-corrected chi connectivity index (χ2v) is 4.91. The highest BCUT2D eigenvalue weighted by atomic mass is 79.9. The lowest BCUT2D eigenvalue weighted by Gasteiger charge is -2.08. The molecule has 1 aromatic rings. The van der Waals surface area contributed by atoms with Gasteiger partial charge in [0.1, 0.15) is 16.4 Å². The van der Waals surface area contributed by atoms with Crippen LogP contribution in [0.25, 0.3) is 0 Å². The van der Waals surface area contributed by atoms with E-state index in [1.807, 2.05) is 0 Å². The topological polar surface area (TPSA) is 99.1 Å². The van der Waals surface area contributed by atoms with Crippen LogP contribution in [0.5, 0.6) is 0 Å². The van der Waals surface area contributed by atoms with Gasteiger partial charge >= 0.3 is 0 Å². The zero-order valence-electron chi connectivity index (χ0n) is 7.12. The third-order valence-electron chi connectivity index (χ3n) is 1.48. The summed E-state index contributed by atoms with van der Waals surface area (Å²) in [7, 11) is -4.11. The molecule has 0 fully saturated rings. The summed E-state index contributed by atoms with van der Waals surface area (Å²) in [5, 5.41) is 4.81. The molecule has 0 aliphatic rings. The first kappa shape index (κ1) is 12.3. The Kier molecular flexibility index (Phi) is 3.26. The summed E-state index contributed by atoms with van der Waals surface area (Å²) >= 11 is 2.69. The third-order valence-corrected chi connectivity index (χ3v) is 3.51. The van der Waals surface area contributed by atoms with Crippen LogP contribution in [-0.2, 0) is 10.0 Å². The Bertz CT molecular complexity index is 491. The Hall–Kier alpha value is -0.800. The van der Waals surface area contributed by atoms with E-state index in [0.29, 0.717) is 0 Å². The largest absolute Gasteiger partial charge is 0.384 e. The average Bonchev–Trinajstić information content (AvgIpc) is 2.06. The van der Waals surface area contributed by atoms with Gasteiger partial charge in [-0.2, -0.15) is 0 Å². The van der Waals surface area contributed by atoms with E-state index < -0.39 is 27.0 Å². The zero-order chi connectivity index (χ0) is 11.8. The van der Waals surface area contributed by atoms with Gasteiger partial charge in [-0.05, 0) is 15.9 Å². The molecule has 0 spiro atoms. The van der Waals surface area contributed by atoms with E-state index in [-0.39, 0.29) is 10.3 Å². The molecule has 84 valence electrons. The Labute approximate surface area is 92.7 Å². The van der Waals surface area contributed by atoms with Gasteiger partial charge in [-0.25, -0.2) is 27.3 Å². The van der Waals surface area contributed by atoms with Gasteiger partial charge in [-0.1, -0.05) is 0 Å². The van der Waals surface area contributed by atoms with Crippen molar-refractivity contribution in [2.75, 3.05) is 5.73 Å². The molecule has 0 unspecified atom stereocenters. The van der Waals surface area contributed by atoms with Crippen molar-refractivity contribution >= 4 is 31.8 Å². The number of sulfonamides is 1. The van der Waals surface area contributed by atoms with Crippen molar-refractivity contribution in [1.82, 2.24) is 4.98 Å². The summed E-state index contributed by atoms with van der Waals surface area (Å²) in [4.78, 5) is 2.80.